The van der Waals surface area contributed by atoms with Gasteiger partial charge in [0.05, 0.1) is 4.90 Å². The van der Waals surface area contributed by atoms with E-state index in [1.165, 1.54) is 11.8 Å². The molecule has 1 heterocycles. The molecule has 0 fully saturated rings. The molecule has 2 aromatic carbocycles. The smallest absolute Gasteiger partial charge is 0.284 e. The molecule has 0 atom stereocenters. The fourth-order valence-corrected chi connectivity index (χ4v) is 4.27. The zero-order valence-electron chi connectivity index (χ0n) is 9.78. The first kappa shape index (κ1) is 12.3. The molecular weight excluding hydrogens is 280 g/mol. The number of thioether (sulfide) groups is 1. The normalized spacial score (nSPS) is 15.9. The Bertz CT molecular complexity index is 783. The van der Waals surface area contributed by atoms with E-state index >= 15 is 0 Å². The van der Waals surface area contributed by atoms with E-state index in [1.54, 1.807) is 30.3 Å². The van der Waals surface area contributed by atoms with Crippen LogP contribution in [0.15, 0.2) is 62.7 Å². The van der Waals surface area contributed by atoms with Crippen LogP contribution < -0.4 is 5.73 Å². The molecule has 2 aromatic rings. The van der Waals surface area contributed by atoms with Crippen molar-refractivity contribution >= 4 is 32.5 Å². The van der Waals surface area contributed by atoms with Crippen molar-refractivity contribution in [1.82, 2.24) is 0 Å². The number of sulfonamides is 1. The number of nitrogens with two attached hydrogens (primary N) is 1. The van der Waals surface area contributed by atoms with Crippen LogP contribution in [0.1, 0.15) is 5.56 Å². The monoisotopic (exact) mass is 290 g/mol. The van der Waals surface area contributed by atoms with Gasteiger partial charge in [-0.25, -0.2) is 0 Å². The maximum atomic E-state index is 11.9. The van der Waals surface area contributed by atoms with Crippen LogP contribution in [0.4, 0.5) is 5.69 Å². The first-order valence-electron chi connectivity index (χ1n) is 5.55. The number of para-hydroxylation sites is 1. The molecule has 3 rings (SSSR count). The van der Waals surface area contributed by atoms with Gasteiger partial charge in [-0.1, -0.05) is 42.1 Å². The first-order chi connectivity index (χ1) is 9.08. The molecule has 0 aromatic heterocycles. The lowest BCUT2D eigenvalue weighted by molar-refractivity contribution is 0.599. The molecule has 4 nitrogen and oxygen atoms in total. The third kappa shape index (κ3) is 2.13. The van der Waals surface area contributed by atoms with Gasteiger partial charge in [0, 0.05) is 16.1 Å². The van der Waals surface area contributed by atoms with Crippen molar-refractivity contribution in [2.75, 3.05) is 5.73 Å². The summed E-state index contributed by atoms with van der Waals surface area (Å²) in [6.45, 7) is 0. The lowest BCUT2D eigenvalue weighted by Crippen LogP contribution is -1.95. The summed E-state index contributed by atoms with van der Waals surface area (Å²) < 4.78 is 27.6. The molecule has 0 spiro atoms. The van der Waals surface area contributed by atoms with Crippen molar-refractivity contribution in [3.63, 3.8) is 0 Å². The van der Waals surface area contributed by atoms with E-state index in [0.717, 1.165) is 4.90 Å². The fraction of sp³-hybridized carbons (Fsp3) is 0. The Morgan fingerprint density at radius 1 is 1.00 bits per heavy atom. The minimum absolute atomic E-state index is 0.256. The number of hydrogen-bond donors (Lipinski definition) is 1. The highest BCUT2D eigenvalue weighted by Gasteiger charge is 2.28. The number of anilines is 1. The van der Waals surface area contributed by atoms with Crippen LogP contribution in [0.5, 0.6) is 0 Å². The fourth-order valence-electron chi connectivity index (χ4n) is 1.83. The van der Waals surface area contributed by atoms with Gasteiger partial charge in [0.1, 0.15) is 5.04 Å². The third-order valence-electron chi connectivity index (χ3n) is 2.72. The van der Waals surface area contributed by atoms with E-state index in [1.807, 2.05) is 18.2 Å². The second-order valence-corrected chi connectivity index (χ2v) is 6.61. The third-order valence-corrected chi connectivity index (χ3v) is 5.27. The van der Waals surface area contributed by atoms with Gasteiger partial charge in [-0.15, -0.1) is 0 Å². The summed E-state index contributed by atoms with van der Waals surface area (Å²) in [7, 11) is -3.56. The molecule has 2 N–H and O–H groups in total. The summed E-state index contributed by atoms with van der Waals surface area (Å²) in [5, 5.41) is 0.466. The molecule has 1 aliphatic rings. The summed E-state index contributed by atoms with van der Waals surface area (Å²) in [6, 6.07) is 14.1. The molecule has 19 heavy (non-hydrogen) atoms. The lowest BCUT2D eigenvalue weighted by atomic mass is 10.2. The Labute approximate surface area is 115 Å². The van der Waals surface area contributed by atoms with Crippen LogP contribution in [-0.2, 0) is 10.0 Å². The number of nitrogen functional groups attached to an aromatic ring is 1. The highest BCUT2D eigenvalue weighted by Crippen LogP contribution is 2.35. The predicted molar refractivity (Wildman–Crippen MR) is 76.9 cm³/mol. The van der Waals surface area contributed by atoms with Crippen molar-refractivity contribution < 1.29 is 8.42 Å². The van der Waals surface area contributed by atoms with Crippen LogP contribution in [0.2, 0.25) is 0 Å². The lowest BCUT2D eigenvalue weighted by Gasteiger charge is -2.04. The average molecular weight is 290 g/mol. The van der Waals surface area contributed by atoms with Crippen molar-refractivity contribution in [3.05, 3.63) is 54.1 Å². The molecule has 6 heteroatoms. The van der Waals surface area contributed by atoms with Crippen LogP contribution in [0.3, 0.4) is 0 Å². The van der Waals surface area contributed by atoms with E-state index in [-0.39, 0.29) is 4.90 Å². The zero-order chi connectivity index (χ0) is 13.5. The summed E-state index contributed by atoms with van der Waals surface area (Å²) in [4.78, 5) is 1.06. The molecule has 0 radical (unpaired) electrons. The standard InChI is InChI=1S/C13H10N2O2S2/c14-10-6-2-3-7-11(10)18-13-9-5-1-4-8-12(9)19(16,17)15-13/h1-8H,14H2. The van der Waals surface area contributed by atoms with Crippen molar-refractivity contribution in [2.45, 2.75) is 9.79 Å². The SMILES string of the molecule is Nc1ccccc1SC1=NS(=O)(=O)c2ccccc21. The number of hydrogen-bond acceptors (Lipinski definition) is 4. The summed E-state index contributed by atoms with van der Waals surface area (Å²) in [5.41, 5.74) is 7.10. The number of rotatable bonds is 1. The van der Waals surface area contributed by atoms with Crippen LogP contribution in [0, 0.1) is 0 Å². The Morgan fingerprint density at radius 2 is 1.68 bits per heavy atom. The van der Waals surface area contributed by atoms with Crippen LogP contribution in [0.25, 0.3) is 0 Å². The molecule has 0 saturated heterocycles. The van der Waals surface area contributed by atoms with E-state index in [0.29, 0.717) is 16.3 Å². The van der Waals surface area contributed by atoms with Crippen molar-refractivity contribution in [2.24, 2.45) is 4.40 Å². The Balaban J connectivity index is 2.07. The van der Waals surface area contributed by atoms with Gasteiger partial charge >= 0.3 is 0 Å². The second kappa shape index (κ2) is 4.40. The first-order valence-corrected chi connectivity index (χ1v) is 7.80. The highest BCUT2D eigenvalue weighted by atomic mass is 32.2. The van der Waals surface area contributed by atoms with Gasteiger partial charge in [0.25, 0.3) is 10.0 Å². The van der Waals surface area contributed by atoms with E-state index < -0.39 is 10.0 Å². The molecule has 0 saturated carbocycles. The molecular formula is C13H10N2O2S2. The molecule has 1 aliphatic heterocycles. The summed E-state index contributed by atoms with van der Waals surface area (Å²) >= 11 is 1.27. The topological polar surface area (TPSA) is 72.5 Å². The van der Waals surface area contributed by atoms with E-state index in [9.17, 15) is 8.42 Å². The maximum Gasteiger partial charge on any atom is 0.284 e. The molecule has 0 bridgehead atoms. The van der Waals surface area contributed by atoms with Gasteiger partial charge in [0.15, 0.2) is 0 Å². The second-order valence-electron chi connectivity index (χ2n) is 4.01. The summed E-state index contributed by atoms with van der Waals surface area (Å²) in [6.07, 6.45) is 0. The highest BCUT2D eigenvalue weighted by molar-refractivity contribution is 8.15. The quantitative estimate of drug-likeness (QED) is 0.819. The Morgan fingerprint density at radius 3 is 2.47 bits per heavy atom. The van der Waals surface area contributed by atoms with Crippen LogP contribution >= 0.6 is 11.8 Å². The maximum absolute atomic E-state index is 11.9. The van der Waals surface area contributed by atoms with E-state index in [4.69, 9.17) is 5.73 Å². The van der Waals surface area contributed by atoms with Crippen LogP contribution in [-0.4, -0.2) is 13.5 Å². The van der Waals surface area contributed by atoms with Gasteiger partial charge in [-0.3, -0.25) is 0 Å². The van der Waals surface area contributed by atoms with Crippen molar-refractivity contribution in [1.29, 1.82) is 0 Å². The number of benzene rings is 2. The summed E-state index contributed by atoms with van der Waals surface area (Å²) in [5.74, 6) is 0. The minimum Gasteiger partial charge on any atom is -0.398 e. The zero-order valence-corrected chi connectivity index (χ0v) is 11.4. The Hall–Kier alpha value is -1.79. The molecule has 96 valence electrons. The van der Waals surface area contributed by atoms with Gasteiger partial charge in [0.2, 0.25) is 0 Å². The molecule has 0 aliphatic carbocycles. The van der Waals surface area contributed by atoms with Gasteiger partial charge in [-0.05, 0) is 18.2 Å². The minimum atomic E-state index is -3.56. The van der Waals surface area contributed by atoms with Crippen molar-refractivity contribution in [3.8, 4) is 0 Å². The predicted octanol–water partition coefficient (Wildman–Crippen LogP) is 2.51. The molecule has 0 unspecified atom stereocenters. The molecule has 0 amide bonds. The Kier molecular flexibility index (Phi) is 2.83. The largest absolute Gasteiger partial charge is 0.398 e. The average Bonchev–Trinajstić information content (AvgIpc) is 2.65. The van der Waals surface area contributed by atoms with E-state index in [2.05, 4.69) is 4.40 Å². The number of fused-ring (bicyclic) bond motifs is 1. The van der Waals surface area contributed by atoms with Gasteiger partial charge in [-0.2, -0.15) is 12.8 Å². The number of nitrogens with zero attached hydrogens (tertiary/aromatic N) is 1. The van der Waals surface area contributed by atoms with Gasteiger partial charge < -0.3 is 5.73 Å².